The Labute approximate surface area is 222 Å². The second-order valence-electron chi connectivity index (χ2n) is 12.5. The third-order valence-corrected chi connectivity index (χ3v) is 11.1. The summed E-state index contributed by atoms with van der Waals surface area (Å²) in [6.45, 7) is 18.2. The van der Waals surface area contributed by atoms with Crippen molar-refractivity contribution < 1.29 is 24.6 Å². The van der Waals surface area contributed by atoms with Crippen LogP contribution in [0.1, 0.15) is 61.3 Å². The molecule has 7 nitrogen and oxygen atoms in total. The number of thioether (sulfide) groups is 1. The molecule has 0 radical (unpaired) electrons. The van der Waals surface area contributed by atoms with Crippen molar-refractivity contribution in [1.82, 2.24) is 9.80 Å². The summed E-state index contributed by atoms with van der Waals surface area (Å²) in [6.07, 6.45) is 2.98. The van der Waals surface area contributed by atoms with Gasteiger partial charge in [-0.1, -0.05) is 56.6 Å². The fourth-order valence-electron chi connectivity index (χ4n) is 6.91. The van der Waals surface area contributed by atoms with Crippen LogP contribution in [0, 0.1) is 23.2 Å². The molecule has 1 spiro atoms. The quantitative estimate of drug-likeness (QED) is 0.322. The van der Waals surface area contributed by atoms with Crippen LogP contribution < -0.4 is 0 Å². The molecular weight excluding hydrogens is 532 g/mol. The number of amides is 2. The van der Waals surface area contributed by atoms with Gasteiger partial charge in [0, 0.05) is 22.2 Å². The van der Waals surface area contributed by atoms with Crippen LogP contribution in [0.15, 0.2) is 12.7 Å². The Morgan fingerprint density at radius 3 is 2.37 bits per heavy atom. The normalized spacial score (nSPS) is 33.3. The van der Waals surface area contributed by atoms with E-state index >= 15 is 0 Å². The Bertz CT molecular complexity index is 887. The van der Waals surface area contributed by atoms with Crippen molar-refractivity contribution in [3.63, 3.8) is 0 Å². The summed E-state index contributed by atoms with van der Waals surface area (Å²) < 4.78 is -0.852. The number of halogens is 1. The molecule has 3 rings (SSSR count). The number of aliphatic hydroxyl groups excluding tert-OH is 1. The maximum atomic E-state index is 14.6. The van der Waals surface area contributed by atoms with Crippen molar-refractivity contribution in [3.8, 4) is 0 Å². The highest BCUT2D eigenvalue weighted by Crippen LogP contribution is 2.68. The molecule has 0 aliphatic carbocycles. The molecule has 0 saturated carbocycles. The number of nitrogens with zero attached hydrogens (tertiary/aromatic N) is 2. The molecule has 3 aliphatic rings. The molecule has 198 valence electrons. The molecule has 35 heavy (non-hydrogen) atoms. The minimum atomic E-state index is -0.999. The summed E-state index contributed by atoms with van der Waals surface area (Å²) >= 11 is 5.17. The van der Waals surface area contributed by atoms with E-state index in [2.05, 4.69) is 43.3 Å². The average Bonchev–Trinajstić information content (AvgIpc) is 3.28. The van der Waals surface area contributed by atoms with Crippen LogP contribution >= 0.6 is 27.7 Å². The molecule has 3 aliphatic heterocycles. The highest BCUT2D eigenvalue weighted by molar-refractivity contribution is 9.09. The van der Waals surface area contributed by atoms with Gasteiger partial charge in [-0.15, -0.1) is 18.3 Å². The first-order chi connectivity index (χ1) is 16.0. The molecule has 9 heteroatoms. The minimum Gasteiger partial charge on any atom is -0.481 e. The maximum absolute atomic E-state index is 14.6. The molecule has 3 saturated heterocycles. The number of aliphatic hydroxyl groups is 1. The van der Waals surface area contributed by atoms with Crippen molar-refractivity contribution in [2.75, 3.05) is 13.2 Å². The van der Waals surface area contributed by atoms with Crippen molar-refractivity contribution >= 4 is 45.5 Å². The lowest BCUT2D eigenvalue weighted by Crippen LogP contribution is -2.62. The Hall–Kier alpha value is -1.06. The molecule has 3 unspecified atom stereocenters. The molecule has 0 aromatic carbocycles. The largest absolute Gasteiger partial charge is 0.481 e. The summed E-state index contributed by atoms with van der Waals surface area (Å²) in [5.74, 6) is -3.26. The molecule has 7 atom stereocenters. The van der Waals surface area contributed by atoms with Gasteiger partial charge in [0.05, 0.1) is 29.2 Å². The molecule has 0 aromatic rings. The SMILES string of the molecule is C=CCN(C(=O)C1N([C@@H](CO)C(C)C)C(=O)[C@@H]2[C@@H](C(=O)O)[C@@H]3SC12CC3Br)C(C)(C)CC(C)(C)C. The number of rotatable bonds is 9. The first kappa shape index (κ1) is 28.5. The number of carbonyl (C=O) groups is 3. The van der Waals surface area contributed by atoms with Crippen LogP contribution in [0.5, 0.6) is 0 Å². The predicted octanol–water partition coefficient (Wildman–Crippen LogP) is 3.78. The number of carboxylic acid groups (broad SMARTS) is 1. The monoisotopic (exact) mass is 572 g/mol. The zero-order valence-electron chi connectivity index (χ0n) is 22.0. The molecule has 3 heterocycles. The number of alkyl halides is 1. The van der Waals surface area contributed by atoms with Crippen molar-refractivity contribution in [2.24, 2.45) is 23.2 Å². The van der Waals surface area contributed by atoms with Crippen molar-refractivity contribution in [1.29, 1.82) is 0 Å². The molecule has 0 aromatic heterocycles. The fraction of sp³-hybridized carbons (Fsp3) is 0.808. The standard InChI is InChI=1S/C26H41BrN2O5S/c1-9-10-28(25(7,8)13-24(4,5)6)22(32)20-26-11-15(27)19(35-26)17(23(33)34)18(26)21(31)29(20)16(12-30)14(2)3/h9,14-20,30H,1,10-13H2,2-8H3,(H,33,34)/t15?,16-,17+,18-,19+,20?,26?/m0/s1. The second kappa shape index (κ2) is 9.67. The fourth-order valence-corrected chi connectivity index (χ4v) is 10.5. The van der Waals surface area contributed by atoms with E-state index in [1.54, 1.807) is 11.0 Å². The number of aliphatic carboxylic acids is 1. The van der Waals surface area contributed by atoms with Crippen LogP contribution in [0.4, 0.5) is 0 Å². The second-order valence-corrected chi connectivity index (χ2v) is 15.2. The first-order valence-electron chi connectivity index (χ1n) is 12.4. The minimum absolute atomic E-state index is 0.0450. The van der Waals surface area contributed by atoms with Gasteiger partial charge in [0.1, 0.15) is 6.04 Å². The topological polar surface area (TPSA) is 98.2 Å². The van der Waals surface area contributed by atoms with Gasteiger partial charge in [-0.2, -0.15) is 0 Å². The highest BCUT2D eigenvalue weighted by Gasteiger charge is 2.76. The Morgan fingerprint density at radius 2 is 1.91 bits per heavy atom. The molecule has 2 bridgehead atoms. The summed E-state index contributed by atoms with van der Waals surface area (Å²) in [4.78, 5) is 44.2. The van der Waals surface area contributed by atoms with Crippen LogP contribution in [0.2, 0.25) is 0 Å². The molecular formula is C26H41BrN2O5S. The Morgan fingerprint density at radius 1 is 1.31 bits per heavy atom. The van der Waals surface area contributed by atoms with Crippen LogP contribution in [-0.4, -0.2) is 83.4 Å². The number of hydrogen-bond donors (Lipinski definition) is 2. The maximum Gasteiger partial charge on any atom is 0.308 e. The zero-order chi connectivity index (χ0) is 26.7. The third kappa shape index (κ3) is 4.70. The predicted molar refractivity (Wildman–Crippen MR) is 142 cm³/mol. The average molecular weight is 574 g/mol. The van der Waals surface area contributed by atoms with E-state index in [0.717, 1.165) is 6.42 Å². The van der Waals surface area contributed by atoms with Crippen LogP contribution in [-0.2, 0) is 14.4 Å². The first-order valence-corrected chi connectivity index (χ1v) is 14.2. The smallest absolute Gasteiger partial charge is 0.308 e. The number of likely N-dealkylation sites (tertiary alicyclic amines) is 1. The van der Waals surface area contributed by atoms with E-state index in [1.165, 1.54) is 11.8 Å². The van der Waals surface area contributed by atoms with Gasteiger partial charge in [-0.3, -0.25) is 14.4 Å². The Kier molecular flexibility index (Phi) is 7.88. The number of carboxylic acids is 1. The lowest BCUT2D eigenvalue weighted by molar-refractivity contribution is -0.151. The number of hydrogen-bond acceptors (Lipinski definition) is 5. The van der Waals surface area contributed by atoms with Gasteiger partial charge in [0.2, 0.25) is 11.8 Å². The van der Waals surface area contributed by atoms with Crippen LogP contribution in [0.25, 0.3) is 0 Å². The summed E-state index contributed by atoms with van der Waals surface area (Å²) in [5, 5.41) is 20.2. The summed E-state index contributed by atoms with van der Waals surface area (Å²) in [6, 6.07) is -1.42. The summed E-state index contributed by atoms with van der Waals surface area (Å²) in [7, 11) is 0. The number of fused-ring (bicyclic) bond motifs is 1. The van der Waals surface area contributed by atoms with E-state index < -0.39 is 40.2 Å². The van der Waals surface area contributed by atoms with Gasteiger partial charge in [-0.05, 0) is 38.0 Å². The summed E-state index contributed by atoms with van der Waals surface area (Å²) in [5.41, 5.74) is -0.572. The van der Waals surface area contributed by atoms with E-state index in [0.29, 0.717) is 13.0 Å². The van der Waals surface area contributed by atoms with Crippen molar-refractivity contribution in [2.45, 2.75) is 93.8 Å². The van der Waals surface area contributed by atoms with E-state index in [1.807, 2.05) is 32.6 Å². The highest BCUT2D eigenvalue weighted by atomic mass is 79.9. The van der Waals surface area contributed by atoms with Crippen LogP contribution in [0.3, 0.4) is 0 Å². The van der Waals surface area contributed by atoms with Gasteiger partial charge in [0.25, 0.3) is 0 Å². The van der Waals surface area contributed by atoms with Crippen molar-refractivity contribution in [3.05, 3.63) is 12.7 Å². The van der Waals surface area contributed by atoms with Gasteiger partial charge in [-0.25, -0.2) is 0 Å². The third-order valence-electron chi connectivity index (χ3n) is 7.83. The number of carbonyl (C=O) groups excluding carboxylic acids is 2. The van der Waals surface area contributed by atoms with Gasteiger partial charge >= 0.3 is 5.97 Å². The molecule has 3 fully saturated rings. The zero-order valence-corrected chi connectivity index (χ0v) is 24.4. The van der Waals surface area contributed by atoms with Gasteiger partial charge in [0.15, 0.2) is 0 Å². The lowest BCUT2D eigenvalue weighted by atomic mass is 9.70. The van der Waals surface area contributed by atoms with E-state index in [9.17, 15) is 24.6 Å². The van der Waals surface area contributed by atoms with Gasteiger partial charge < -0.3 is 20.0 Å². The molecule has 2 N–H and O–H groups in total. The molecule has 2 amide bonds. The Balaban J connectivity index is 2.18. The van der Waals surface area contributed by atoms with E-state index in [-0.39, 0.29) is 39.8 Å². The van der Waals surface area contributed by atoms with E-state index in [4.69, 9.17) is 0 Å². The lowest BCUT2D eigenvalue weighted by Gasteiger charge is -2.47.